The molecule has 10 heteroatoms. The Kier molecular flexibility index (Phi) is 8.30. The molecule has 2 aliphatic heterocycles. The molecule has 2 atom stereocenters. The van der Waals surface area contributed by atoms with Gasteiger partial charge in [0.2, 0.25) is 5.91 Å². The molecule has 0 saturated heterocycles. The summed E-state index contributed by atoms with van der Waals surface area (Å²) in [5.41, 5.74) is 1.48. The summed E-state index contributed by atoms with van der Waals surface area (Å²) in [6.45, 7) is 5.66. The Balaban J connectivity index is 1.85. The molecule has 1 N–H and O–H groups in total. The molecule has 4 rings (SSSR count). The summed E-state index contributed by atoms with van der Waals surface area (Å²) in [7, 11) is 0. The first kappa shape index (κ1) is 27.5. The molecule has 0 aromatic heterocycles. The van der Waals surface area contributed by atoms with Crippen molar-refractivity contribution in [3.05, 3.63) is 88.0 Å². The van der Waals surface area contributed by atoms with Crippen LogP contribution in [0.5, 0.6) is 0 Å². The van der Waals surface area contributed by atoms with Gasteiger partial charge < -0.3 is 15.0 Å². The number of hydrogen-bond donors (Lipinski definition) is 1. The largest absolute Gasteiger partial charge is 0.463 e. The molecule has 0 aliphatic carbocycles. The lowest BCUT2D eigenvalue weighted by atomic mass is 9.91. The van der Waals surface area contributed by atoms with Crippen LogP contribution in [0.4, 0.5) is 13.2 Å². The van der Waals surface area contributed by atoms with Gasteiger partial charge in [0, 0.05) is 17.3 Å². The van der Waals surface area contributed by atoms with Gasteiger partial charge in [-0.15, -0.1) is 0 Å². The summed E-state index contributed by atoms with van der Waals surface area (Å²) in [5.74, 6) is -0.825. The van der Waals surface area contributed by atoms with Crippen molar-refractivity contribution in [2.45, 2.75) is 51.9 Å². The second kappa shape index (κ2) is 11.5. The summed E-state index contributed by atoms with van der Waals surface area (Å²) >= 11 is 1.30. The van der Waals surface area contributed by atoms with Crippen LogP contribution in [0.3, 0.4) is 0 Å². The van der Waals surface area contributed by atoms with Crippen molar-refractivity contribution in [1.82, 2.24) is 10.2 Å². The van der Waals surface area contributed by atoms with Crippen molar-refractivity contribution >= 4 is 34.5 Å². The predicted molar refractivity (Wildman–Crippen MR) is 142 cm³/mol. The van der Waals surface area contributed by atoms with Crippen molar-refractivity contribution in [3.8, 4) is 0 Å². The van der Waals surface area contributed by atoms with Gasteiger partial charge in [0.1, 0.15) is 0 Å². The maximum Gasteiger partial charge on any atom is 0.416 e. The number of nitrogens with zero attached hydrogens (tertiary/aromatic N) is 2. The van der Waals surface area contributed by atoms with Crippen LogP contribution in [0.25, 0.3) is 5.70 Å². The molecule has 2 aliphatic rings. The van der Waals surface area contributed by atoms with Crippen LogP contribution in [0, 0.1) is 0 Å². The number of carbonyl (C=O) groups is 2. The quantitative estimate of drug-likeness (QED) is 0.397. The van der Waals surface area contributed by atoms with E-state index in [4.69, 9.17) is 9.73 Å². The Morgan fingerprint density at radius 3 is 2.39 bits per heavy atom. The lowest BCUT2D eigenvalue weighted by molar-refractivity contribution is -0.139. The minimum atomic E-state index is -4.50. The van der Waals surface area contributed by atoms with E-state index in [1.807, 2.05) is 44.2 Å². The number of esters is 1. The monoisotopic (exact) mass is 543 g/mol. The highest BCUT2D eigenvalue weighted by Gasteiger charge is 2.42. The zero-order chi connectivity index (χ0) is 27.4. The normalized spacial score (nSPS) is 17.9. The number of rotatable bonds is 8. The number of nitrogens with one attached hydrogen (secondary N) is 1. The molecule has 6 nitrogen and oxygen atoms in total. The summed E-state index contributed by atoms with van der Waals surface area (Å²) in [4.78, 5) is 32.8. The number of benzene rings is 2. The molecule has 2 aromatic carbocycles. The first-order valence-corrected chi connectivity index (χ1v) is 13.2. The Labute approximate surface area is 223 Å². The molecule has 0 saturated carbocycles. The maximum atomic E-state index is 13.4. The van der Waals surface area contributed by atoms with E-state index in [2.05, 4.69) is 5.32 Å². The van der Waals surface area contributed by atoms with E-state index in [1.165, 1.54) is 23.9 Å². The number of fused-ring (bicyclic) bond motifs is 1. The molecular weight excluding hydrogens is 515 g/mol. The number of thioether (sulfide) groups is 1. The number of carbonyl (C=O) groups excluding carboxylic acids is 2. The predicted octanol–water partition coefficient (Wildman–Crippen LogP) is 6.29. The Morgan fingerprint density at radius 2 is 1.79 bits per heavy atom. The Bertz CT molecular complexity index is 1290. The van der Waals surface area contributed by atoms with Crippen molar-refractivity contribution in [3.63, 3.8) is 0 Å². The van der Waals surface area contributed by atoms with E-state index < -0.39 is 23.8 Å². The number of aliphatic imine (C=N–C) groups is 1. The van der Waals surface area contributed by atoms with Gasteiger partial charge in [-0.2, -0.15) is 13.2 Å². The fourth-order valence-corrected chi connectivity index (χ4v) is 5.17. The molecule has 0 fully saturated rings. The zero-order valence-corrected chi connectivity index (χ0v) is 22.0. The average molecular weight is 544 g/mol. The fourth-order valence-electron chi connectivity index (χ4n) is 4.25. The molecule has 2 aromatic rings. The molecule has 38 heavy (non-hydrogen) atoms. The lowest BCUT2D eigenvalue weighted by Crippen LogP contribution is -2.39. The molecule has 2 heterocycles. The summed E-state index contributed by atoms with van der Waals surface area (Å²) < 4.78 is 45.4. The van der Waals surface area contributed by atoms with Gasteiger partial charge in [-0.05, 0) is 43.4 Å². The first-order chi connectivity index (χ1) is 18.1. The Hall–Kier alpha value is -3.53. The average Bonchev–Trinajstić information content (AvgIpc) is 3.29. The van der Waals surface area contributed by atoms with Crippen LogP contribution in [0.2, 0.25) is 0 Å². The summed E-state index contributed by atoms with van der Waals surface area (Å²) in [5, 5.41) is 5.25. The molecule has 0 bridgehead atoms. The number of halogens is 3. The van der Waals surface area contributed by atoms with Gasteiger partial charge in [0.05, 0.1) is 35.9 Å². The van der Waals surface area contributed by atoms with E-state index in [0.29, 0.717) is 27.7 Å². The number of amides is 1. The first-order valence-electron chi connectivity index (χ1n) is 12.3. The fraction of sp³-hybridized carbons (Fsp3) is 0.321. The molecule has 0 unspecified atom stereocenters. The molecule has 200 valence electrons. The van der Waals surface area contributed by atoms with Gasteiger partial charge in [-0.25, -0.2) is 9.79 Å². The number of hydrogen-bond acceptors (Lipinski definition) is 6. The van der Waals surface area contributed by atoms with Crippen molar-refractivity contribution < 1.29 is 27.5 Å². The van der Waals surface area contributed by atoms with Crippen LogP contribution in [-0.4, -0.2) is 34.6 Å². The smallest absolute Gasteiger partial charge is 0.416 e. The second-order valence-electron chi connectivity index (χ2n) is 8.92. The number of ether oxygens (including phenoxy) is 1. The minimum Gasteiger partial charge on any atom is -0.463 e. The molecule has 1 amide bonds. The second-order valence-corrected chi connectivity index (χ2v) is 9.75. The Morgan fingerprint density at radius 1 is 1.11 bits per heavy atom. The van der Waals surface area contributed by atoms with Crippen molar-refractivity contribution in [1.29, 1.82) is 0 Å². The van der Waals surface area contributed by atoms with Gasteiger partial charge in [0.25, 0.3) is 0 Å². The van der Waals surface area contributed by atoms with Crippen LogP contribution in [0.15, 0.2) is 76.3 Å². The standard InChI is InChI=1S/C28H28F3N3O3S/c1-4-17(3)32-22(35)15-21-16-38-27-33-24(18-9-7-6-8-10-18)23(26(36)37-5-2)25(34(21)27)19-11-13-20(14-12-19)28(29,30)31/h6-14,16-17,25H,4-5,15H2,1-3H3,(H,32,35)/t17-,25+/m1/s1. The molecule has 0 radical (unpaired) electrons. The van der Waals surface area contributed by atoms with Gasteiger partial charge in [-0.1, -0.05) is 61.2 Å². The van der Waals surface area contributed by atoms with Crippen molar-refractivity contribution in [2.24, 2.45) is 4.99 Å². The topological polar surface area (TPSA) is 71.0 Å². The van der Waals surface area contributed by atoms with Crippen LogP contribution < -0.4 is 5.32 Å². The van der Waals surface area contributed by atoms with Crippen LogP contribution >= 0.6 is 11.8 Å². The van der Waals surface area contributed by atoms with Crippen molar-refractivity contribution in [2.75, 3.05) is 6.61 Å². The van der Waals surface area contributed by atoms with E-state index in [9.17, 15) is 22.8 Å². The van der Waals surface area contributed by atoms with Gasteiger partial charge in [-0.3, -0.25) is 4.79 Å². The highest BCUT2D eigenvalue weighted by Crippen LogP contribution is 2.47. The highest BCUT2D eigenvalue weighted by atomic mass is 32.2. The third-order valence-corrected chi connectivity index (χ3v) is 7.16. The van der Waals surface area contributed by atoms with Crippen LogP contribution in [-0.2, 0) is 20.5 Å². The van der Waals surface area contributed by atoms with Gasteiger partial charge in [0.15, 0.2) is 5.17 Å². The summed E-state index contributed by atoms with van der Waals surface area (Å²) in [6, 6.07) is 12.9. The third-order valence-electron chi connectivity index (χ3n) is 6.27. The lowest BCUT2D eigenvalue weighted by Gasteiger charge is -2.37. The maximum absolute atomic E-state index is 13.4. The number of alkyl halides is 3. The summed E-state index contributed by atoms with van der Waals surface area (Å²) in [6.07, 6.45) is -3.72. The van der Waals surface area contributed by atoms with E-state index in [0.717, 1.165) is 18.6 Å². The number of amidine groups is 1. The minimum absolute atomic E-state index is 0.0166. The van der Waals surface area contributed by atoms with Crippen LogP contribution in [0.1, 0.15) is 56.3 Å². The highest BCUT2D eigenvalue weighted by molar-refractivity contribution is 8.16. The van der Waals surface area contributed by atoms with E-state index in [-0.39, 0.29) is 30.5 Å². The van der Waals surface area contributed by atoms with E-state index in [1.54, 1.807) is 17.2 Å². The zero-order valence-electron chi connectivity index (χ0n) is 21.2. The van der Waals surface area contributed by atoms with Gasteiger partial charge >= 0.3 is 12.1 Å². The molecular formula is C28H28F3N3O3S. The molecule has 0 spiro atoms. The van der Waals surface area contributed by atoms with E-state index >= 15 is 0 Å². The SMILES string of the molecule is CCOC(=O)C1=C(c2ccccc2)N=C2SC=C(CC(=O)N[C@H](C)CC)N2[C@H]1c1ccc(C(F)(F)F)cc1. The third kappa shape index (κ3) is 5.80.